The second-order valence-corrected chi connectivity index (χ2v) is 13.2. The van der Waals surface area contributed by atoms with E-state index in [0.29, 0.717) is 0 Å². The molecule has 328 valence electrons. The summed E-state index contributed by atoms with van der Waals surface area (Å²) in [5.74, 6) is -1.43. The van der Waals surface area contributed by atoms with Crippen LogP contribution in [-0.4, -0.2) is 222 Å². The molecule has 4 aliphatic heterocycles. The molecule has 4 heterocycles. The normalized spacial score (nSPS) is 43.7. The van der Waals surface area contributed by atoms with Crippen molar-refractivity contribution in [3.8, 4) is 0 Å². The fourth-order valence-electron chi connectivity index (χ4n) is 6.73. The number of methoxy groups -OCH3 is 1. The highest BCUT2D eigenvalue weighted by Gasteiger charge is 2.56. The summed E-state index contributed by atoms with van der Waals surface area (Å²) in [4.78, 5) is 47.1. The molecule has 0 aromatic carbocycles. The number of ether oxygens (including phenoxy) is 11. The van der Waals surface area contributed by atoms with Gasteiger partial charge >= 0.3 is 0 Å². The molecule has 20 atom stereocenters. The molecule has 4 aliphatic rings. The Morgan fingerprint density at radius 1 is 0.596 bits per heavy atom. The Bertz CT molecular complexity index is 1310. The largest absolute Gasteiger partial charge is 0.435 e. The van der Waals surface area contributed by atoms with Crippen molar-refractivity contribution in [1.82, 2.24) is 10.6 Å². The second-order valence-electron chi connectivity index (χ2n) is 13.2. The summed E-state index contributed by atoms with van der Waals surface area (Å²) in [6, 6.07) is -3.05. The van der Waals surface area contributed by atoms with Crippen LogP contribution in [0.2, 0.25) is 0 Å². The van der Waals surface area contributed by atoms with E-state index in [4.69, 9.17) is 57.8 Å². The van der Waals surface area contributed by atoms with Crippen LogP contribution in [0.1, 0.15) is 13.8 Å². The van der Waals surface area contributed by atoms with Crippen LogP contribution in [0.5, 0.6) is 0 Å². The molecule has 0 bridgehead atoms. The van der Waals surface area contributed by atoms with Gasteiger partial charge in [0, 0.05) is 27.5 Å². The molecule has 0 aromatic rings. The van der Waals surface area contributed by atoms with E-state index in [-0.39, 0.29) is 26.1 Å². The molecule has 26 heteroatoms. The summed E-state index contributed by atoms with van der Waals surface area (Å²) < 4.78 is 60.2. The maximum absolute atomic E-state index is 12.3. The molecule has 4 fully saturated rings. The fourth-order valence-corrected chi connectivity index (χ4v) is 6.73. The fraction of sp³-hybridized carbons (Fsp3) is 0.871. The zero-order chi connectivity index (χ0) is 42.1. The van der Waals surface area contributed by atoms with Crippen LogP contribution in [0.4, 0.5) is 0 Å². The number of hydrogen-bond donors (Lipinski definition) is 11. The van der Waals surface area contributed by atoms with Gasteiger partial charge in [-0.05, 0) is 0 Å². The Labute approximate surface area is 323 Å². The molecule has 0 aliphatic carbocycles. The van der Waals surface area contributed by atoms with Gasteiger partial charge < -0.3 is 109 Å². The summed E-state index contributed by atoms with van der Waals surface area (Å²) in [6.07, 6.45) is -31.6. The lowest BCUT2D eigenvalue weighted by molar-refractivity contribution is -0.398. The summed E-state index contributed by atoms with van der Waals surface area (Å²) >= 11 is 0. The summed E-state index contributed by atoms with van der Waals surface area (Å²) in [5, 5.41) is 91.4. The van der Waals surface area contributed by atoms with Gasteiger partial charge in [0.05, 0.1) is 19.8 Å². The first-order chi connectivity index (χ1) is 27.1. The lowest BCUT2D eigenvalue weighted by Gasteiger charge is -2.49. The monoisotopic (exact) mass is 833 g/mol. The molecule has 2 amide bonds. The summed E-state index contributed by atoms with van der Waals surface area (Å²) in [5.41, 5.74) is 5.41. The van der Waals surface area contributed by atoms with Gasteiger partial charge in [0.2, 0.25) is 24.4 Å². The molecule has 0 saturated carbocycles. The topological polar surface area (TPSA) is 382 Å². The van der Waals surface area contributed by atoms with Gasteiger partial charge in [0.25, 0.3) is 12.9 Å². The van der Waals surface area contributed by atoms with E-state index in [1.54, 1.807) is 0 Å². The molecule has 57 heavy (non-hydrogen) atoms. The van der Waals surface area contributed by atoms with Crippen LogP contribution < -0.4 is 16.4 Å². The van der Waals surface area contributed by atoms with E-state index < -0.39 is 148 Å². The molecule has 8 unspecified atom stereocenters. The van der Waals surface area contributed by atoms with Crippen molar-refractivity contribution in [1.29, 1.82) is 0 Å². The summed E-state index contributed by atoms with van der Waals surface area (Å²) in [7, 11) is 1.22. The Balaban J connectivity index is 1.55. The molecule has 0 radical (unpaired) electrons. The molecular formula is C31H51N3O23. The number of hydrogen-bond acceptors (Lipinski definition) is 24. The first kappa shape index (κ1) is 46.8. The Kier molecular flexibility index (Phi) is 17.6. The van der Waals surface area contributed by atoms with Crippen molar-refractivity contribution in [2.24, 2.45) is 5.73 Å². The highest BCUT2D eigenvalue weighted by atomic mass is 16.8. The molecule has 12 N–H and O–H groups in total. The van der Waals surface area contributed by atoms with E-state index in [0.717, 1.165) is 13.8 Å². The highest BCUT2D eigenvalue weighted by molar-refractivity contribution is 5.73. The number of carbonyl (C=O) groups excluding carboxylic acids is 4. The quantitative estimate of drug-likeness (QED) is 0.0571. The van der Waals surface area contributed by atoms with E-state index in [1.165, 1.54) is 7.11 Å². The second kappa shape index (κ2) is 21.4. The SMILES string of the molecule is CO[C@@H]1C(CO)O[C@H](O[C@@H]2C(OC=O)O[C@@H](O[C@@H]3C(CO)O[C@H](O[C@@H]4C(OC=O)O[C@@H](OCCN)C(O)[C@H]4O)C(NC(C)=O)[C@H]3O)C(O)[C@H]2O)C(NC(C)=O)[C@H]1O. The van der Waals surface area contributed by atoms with Gasteiger partial charge in [-0.25, -0.2) is 0 Å². The zero-order valence-electron chi connectivity index (χ0n) is 30.8. The third-order valence-electron chi connectivity index (χ3n) is 9.37. The van der Waals surface area contributed by atoms with Gasteiger partial charge in [0.1, 0.15) is 73.1 Å². The standard InChI is InChI=1S/C31H51N3O23/c1-10(39)33-14-16(41)22(47-3)12(6-35)51-26(14)55-25-19(44)21(46)29(57-31(25)50-9-38)53-23-13(7-36)52-27(15(17(23)42)34-11(2)40)54-24-18(43)20(45)28(48-5-4-32)56-30(24)49-8-37/h8-9,12-31,35-36,41-46H,4-7,32H2,1-3H3,(H,33,39)(H,34,40)/t12?,13?,14?,15?,16-,17-,18-,19-,20?,21?,22-,23-,24+,25+,26-,27-,28-,29-,30?,31?/m1/s1. The minimum atomic E-state index is -2.12. The number of nitrogens with one attached hydrogen (secondary N) is 2. The molecule has 0 spiro atoms. The van der Waals surface area contributed by atoms with Gasteiger partial charge in [-0.2, -0.15) is 0 Å². The van der Waals surface area contributed by atoms with E-state index in [1.807, 2.05) is 0 Å². The van der Waals surface area contributed by atoms with Crippen molar-refractivity contribution in [2.45, 2.75) is 137 Å². The maximum atomic E-state index is 12.3. The lowest BCUT2D eigenvalue weighted by Crippen LogP contribution is -2.70. The molecule has 26 nitrogen and oxygen atoms in total. The van der Waals surface area contributed by atoms with E-state index >= 15 is 0 Å². The number of rotatable bonds is 18. The van der Waals surface area contributed by atoms with Crippen molar-refractivity contribution in [3.05, 3.63) is 0 Å². The number of aliphatic hydroxyl groups excluding tert-OH is 8. The van der Waals surface area contributed by atoms with Gasteiger partial charge in [-0.15, -0.1) is 0 Å². The predicted octanol–water partition coefficient (Wildman–Crippen LogP) is -8.55. The molecule has 0 aromatic heterocycles. The Morgan fingerprint density at radius 3 is 1.44 bits per heavy atom. The third-order valence-corrected chi connectivity index (χ3v) is 9.37. The first-order valence-corrected chi connectivity index (χ1v) is 17.6. The van der Waals surface area contributed by atoms with E-state index in [9.17, 15) is 60.0 Å². The van der Waals surface area contributed by atoms with Crippen molar-refractivity contribution in [2.75, 3.05) is 33.5 Å². The lowest BCUT2D eigenvalue weighted by atomic mass is 9.95. The number of amides is 2. The number of aliphatic hydroxyl groups is 8. The molecule has 4 saturated heterocycles. The van der Waals surface area contributed by atoms with Gasteiger partial charge in [0.15, 0.2) is 37.4 Å². The van der Waals surface area contributed by atoms with E-state index in [2.05, 4.69) is 10.6 Å². The Hall–Kier alpha value is -2.84. The minimum Gasteiger partial charge on any atom is -0.435 e. The third kappa shape index (κ3) is 10.9. The van der Waals surface area contributed by atoms with Crippen molar-refractivity contribution >= 4 is 24.8 Å². The predicted molar refractivity (Wildman–Crippen MR) is 175 cm³/mol. The van der Waals surface area contributed by atoms with Crippen LogP contribution in [-0.2, 0) is 71.3 Å². The minimum absolute atomic E-state index is 0.00304. The molecule has 4 rings (SSSR count). The number of nitrogens with two attached hydrogens (primary N) is 1. The van der Waals surface area contributed by atoms with Crippen molar-refractivity contribution in [3.63, 3.8) is 0 Å². The van der Waals surface area contributed by atoms with Crippen LogP contribution >= 0.6 is 0 Å². The van der Waals surface area contributed by atoms with Gasteiger partial charge in [-0.1, -0.05) is 0 Å². The van der Waals surface area contributed by atoms with Crippen molar-refractivity contribution < 1.29 is 112 Å². The average molecular weight is 834 g/mol. The van der Waals surface area contributed by atoms with Crippen LogP contribution in [0, 0.1) is 0 Å². The van der Waals surface area contributed by atoms with Gasteiger partial charge in [-0.3, -0.25) is 19.2 Å². The zero-order valence-corrected chi connectivity index (χ0v) is 30.8. The van der Waals surface area contributed by atoms with Crippen LogP contribution in [0.25, 0.3) is 0 Å². The average Bonchev–Trinajstić information content (AvgIpc) is 3.17. The van der Waals surface area contributed by atoms with Crippen LogP contribution in [0.15, 0.2) is 0 Å². The highest BCUT2D eigenvalue weighted by Crippen LogP contribution is 2.35. The smallest absolute Gasteiger partial charge is 0.295 e. The Morgan fingerprint density at radius 2 is 1.02 bits per heavy atom. The summed E-state index contributed by atoms with van der Waals surface area (Å²) in [6.45, 7) is 0.223. The van der Waals surface area contributed by atoms with Crippen LogP contribution in [0.3, 0.4) is 0 Å². The maximum Gasteiger partial charge on any atom is 0.295 e. The first-order valence-electron chi connectivity index (χ1n) is 17.6. The molecular weight excluding hydrogens is 782 g/mol. The number of carbonyl (C=O) groups is 4.